The number of thiazole rings is 1. The monoisotopic (exact) mass is 287 g/mol. The first-order chi connectivity index (χ1) is 9.66. The summed E-state index contributed by atoms with van der Waals surface area (Å²) in [5, 5.41) is 3.44. The Hall–Kier alpha value is -1.72. The molecule has 0 aliphatic carbocycles. The molecular formula is C15H17N3OS. The number of carbonyl (C=O) groups excluding carboxylic acids is 1. The quantitative estimate of drug-likeness (QED) is 0.877. The number of nitrogens with one attached hydrogen (secondary N) is 1. The largest absolute Gasteiger partial charge is 0.308 e. The number of aromatic nitrogens is 1. The van der Waals surface area contributed by atoms with Gasteiger partial charge in [0.15, 0.2) is 0 Å². The second kappa shape index (κ2) is 5.34. The van der Waals surface area contributed by atoms with E-state index in [4.69, 9.17) is 0 Å². The Bertz CT molecular complexity index is 638. The molecule has 1 amide bonds. The van der Waals surface area contributed by atoms with E-state index in [1.54, 1.807) is 5.51 Å². The summed E-state index contributed by atoms with van der Waals surface area (Å²) in [4.78, 5) is 19.6. The Morgan fingerprint density at radius 3 is 3.00 bits per heavy atom. The third-order valence-corrected chi connectivity index (χ3v) is 4.48. The van der Waals surface area contributed by atoms with E-state index < -0.39 is 0 Å². The molecule has 0 fully saturated rings. The number of benzene rings is 1. The minimum Gasteiger partial charge on any atom is -0.308 e. The van der Waals surface area contributed by atoms with Gasteiger partial charge in [-0.25, -0.2) is 4.98 Å². The number of rotatable bonds is 1. The molecule has 2 heterocycles. The number of aryl methyl sites for hydroxylation is 1. The minimum atomic E-state index is 0.0491. The average Bonchev–Trinajstić information content (AvgIpc) is 2.80. The number of fused-ring (bicyclic) bond motifs is 1. The number of nitrogens with zero attached hydrogens (tertiary/aromatic N) is 2. The average molecular weight is 287 g/mol. The molecule has 1 unspecified atom stereocenters. The molecule has 1 aromatic heterocycles. The highest BCUT2D eigenvalue weighted by molar-refractivity contribution is 7.12. The molecule has 1 atom stereocenters. The molecule has 0 saturated heterocycles. The maximum Gasteiger partial charge on any atom is 0.270 e. The van der Waals surface area contributed by atoms with Crippen LogP contribution in [0.3, 0.4) is 0 Å². The molecule has 0 saturated carbocycles. The smallest absolute Gasteiger partial charge is 0.270 e. The van der Waals surface area contributed by atoms with Gasteiger partial charge in [-0.05, 0) is 25.5 Å². The topological polar surface area (TPSA) is 45.2 Å². The summed E-state index contributed by atoms with van der Waals surface area (Å²) < 4.78 is 0. The SMILES string of the molecule is Cc1ncsc1C(=O)N1CC(C)NCc2ccccc21. The van der Waals surface area contributed by atoms with Gasteiger partial charge in [-0.2, -0.15) is 0 Å². The van der Waals surface area contributed by atoms with Crippen LogP contribution in [-0.2, 0) is 6.54 Å². The summed E-state index contributed by atoms with van der Waals surface area (Å²) in [6, 6.07) is 8.34. The zero-order chi connectivity index (χ0) is 14.1. The summed E-state index contributed by atoms with van der Waals surface area (Å²) in [5.41, 5.74) is 4.70. The first kappa shape index (κ1) is 13.3. The van der Waals surface area contributed by atoms with Crippen LogP contribution in [0, 0.1) is 6.92 Å². The Kier molecular flexibility index (Phi) is 3.54. The van der Waals surface area contributed by atoms with Gasteiger partial charge in [-0.15, -0.1) is 11.3 Å². The number of para-hydroxylation sites is 1. The predicted octanol–water partition coefficient (Wildman–Crippen LogP) is 2.59. The van der Waals surface area contributed by atoms with Crippen molar-refractivity contribution in [2.24, 2.45) is 0 Å². The maximum absolute atomic E-state index is 12.8. The second-order valence-electron chi connectivity index (χ2n) is 5.09. The van der Waals surface area contributed by atoms with E-state index in [1.807, 2.05) is 30.0 Å². The van der Waals surface area contributed by atoms with E-state index in [0.29, 0.717) is 6.54 Å². The lowest BCUT2D eigenvalue weighted by Crippen LogP contribution is -2.39. The van der Waals surface area contributed by atoms with Gasteiger partial charge >= 0.3 is 0 Å². The Labute approximate surface area is 122 Å². The summed E-state index contributed by atoms with van der Waals surface area (Å²) in [7, 11) is 0. The van der Waals surface area contributed by atoms with E-state index in [1.165, 1.54) is 11.3 Å². The zero-order valence-electron chi connectivity index (χ0n) is 11.6. The third-order valence-electron chi connectivity index (χ3n) is 3.56. The first-order valence-electron chi connectivity index (χ1n) is 6.70. The van der Waals surface area contributed by atoms with E-state index >= 15 is 0 Å². The van der Waals surface area contributed by atoms with E-state index in [9.17, 15) is 4.79 Å². The highest BCUT2D eigenvalue weighted by Gasteiger charge is 2.26. The van der Waals surface area contributed by atoms with Crippen molar-refractivity contribution in [1.82, 2.24) is 10.3 Å². The maximum atomic E-state index is 12.8. The third kappa shape index (κ3) is 2.34. The van der Waals surface area contributed by atoms with Crippen LogP contribution >= 0.6 is 11.3 Å². The molecule has 1 aliphatic heterocycles. The van der Waals surface area contributed by atoms with Gasteiger partial charge in [0.05, 0.1) is 11.2 Å². The molecule has 1 aromatic carbocycles. The van der Waals surface area contributed by atoms with Crippen LogP contribution in [0.4, 0.5) is 5.69 Å². The van der Waals surface area contributed by atoms with Crippen LogP contribution in [-0.4, -0.2) is 23.5 Å². The minimum absolute atomic E-state index is 0.0491. The molecule has 1 aliphatic rings. The number of hydrogen-bond acceptors (Lipinski definition) is 4. The molecule has 104 valence electrons. The lowest BCUT2D eigenvalue weighted by molar-refractivity contribution is 0.0988. The Balaban J connectivity index is 2.03. The van der Waals surface area contributed by atoms with E-state index in [2.05, 4.69) is 23.3 Å². The Morgan fingerprint density at radius 2 is 2.25 bits per heavy atom. The highest BCUT2D eigenvalue weighted by Crippen LogP contribution is 2.26. The van der Waals surface area contributed by atoms with E-state index in [0.717, 1.165) is 28.4 Å². The molecule has 4 nitrogen and oxygen atoms in total. The van der Waals surface area contributed by atoms with Gasteiger partial charge in [0, 0.05) is 24.8 Å². The molecule has 5 heteroatoms. The molecule has 0 spiro atoms. The van der Waals surface area contributed by atoms with Crippen molar-refractivity contribution in [3.63, 3.8) is 0 Å². The summed E-state index contributed by atoms with van der Waals surface area (Å²) in [6.45, 7) is 5.46. The van der Waals surface area contributed by atoms with Crippen LogP contribution in [0.5, 0.6) is 0 Å². The van der Waals surface area contributed by atoms with Gasteiger partial charge in [0.25, 0.3) is 5.91 Å². The normalized spacial score (nSPS) is 18.5. The van der Waals surface area contributed by atoms with Gasteiger partial charge < -0.3 is 10.2 Å². The fraction of sp³-hybridized carbons (Fsp3) is 0.333. The van der Waals surface area contributed by atoms with Crippen LogP contribution in [0.15, 0.2) is 29.8 Å². The molecule has 3 rings (SSSR count). The number of hydrogen-bond donors (Lipinski definition) is 1. The van der Waals surface area contributed by atoms with Crippen molar-refractivity contribution in [2.45, 2.75) is 26.4 Å². The van der Waals surface area contributed by atoms with Crippen molar-refractivity contribution >= 4 is 22.9 Å². The standard InChI is InChI=1S/C15H17N3OS/c1-10-8-18(15(19)14-11(2)17-9-20-14)13-6-4-3-5-12(13)7-16-10/h3-6,9-10,16H,7-8H2,1-2H3. The van der Waals surface area contributed by atoms with Gasteiger partial charge in [0.1, 0.15) is 4.88 Å². The van der Waals surface area contributed by atoms with Crippen LogP contribution in [0.2, 0.25) is 0 Å². The fourth-order valence-corrected chi connectivity index (χ4v) is 3.22. The van der Waals surface area contributed by atoms with Gasteiger partial charge in [0.2, 0.25) is 0 Å². The number of amides is 1. The summed E-state index contributed by atoms with van der Waals surface area (Å²) in [5.74, 6) is 0.0491. The summed E-state index contributed by atoms with van der Waals surface area (Å²) >= 11 is 1.41. The van der Waals surface area contributed by atoms with Crippen molar-refractivity contribution in [3.8, 4) is 0 Å². The molecule has 20 heavy (non-hydrogen) atoms. The van der Waals surface area contributed by atoms with Crippen molar-refractivity contribution < 1.29 is 4.79 Å². The number of carbonyl (C=O) groups is 1. The van der Waals surface area contributed by atoms with Crippen molar-refractivity contribution in [1.29, 1.82) is 0 Å². The highest BCUT2D eigenvalue weighted by atomic mass is 32.1. The zero-order valence-corrected chi connectivity index (χ0v) is 12.4. The first-order valence-corrected chi connectivity index (χ1v) is 7.58. The Morgan fingerprint density at radius 1 is 1.45 bits per heavy atom. The van der Waals surface area contributed by atoms with Gasteiger partial charge in [-0.3, -0.25) is 4.79 Å². The molecule has 0 bridgehead atoms. The van der Waals surface area contributed by atoms with Crippen LogP contribution in [0.1, 0.15) is 27.9 Å². The summed E-state index contributed by atoms with van der Waals surface area (Å²) in [6.07, 6.45) is 0. The van der Waals surface area contributed by atoms with Crippen molar-refractivity contribution in [2.75, 3.05) is 11.4 Å². The second-order valence-corrected chi connectivity index (χ2v) is 5.95. The lowest BCUT2D eigenvalue weighted by atomic mass is 10.1. The number of anilines is 1. The lowest BCUT2D eigenvalue weighted by Gasteiger charge is -2.24. The van der Waals surface area contributed by atoms with Crippen molar-refractivity contribution in [3.05, 3.63) is 45.9 Å². The van der Waals surface area contributed by atoms with Crippen LogP contribution in [0.25, 0.3) is 0 Å². The molecule has 1 N–H and O–H groups in total. The van der Waals surface area contributed by atoms with Gasteiger partial charge in [-0.1, -0.05) is 18.2 Å². The predicted molar refractivity (Wildman–Crippen MR) is 81.3 cm³/mol. The molecule has 2 aromatic rings. The van der Waals surface area contributed by atoms with E-state index in [-0.39, 0.29) is 11.9 Å². The molecular weight excluding hydrogens is 270 g/mol. The van der Waals surface area contributed by atoms with Crippen LogP contribution < -0.4 is 10.2 Å². The molecule has 0 radical (unpaired) electrons. The fourth-order valence-electron chi connectivity index (χ4n) is 2.47.